The first-order chi connectivity index (χ1) is 7.46. The maximum Gasteiger partial charge on any atom is 0.0779 e. The zero-order valence-corrected chi connectivity index (χ0v) is 12.8. The van der Waals surface area contributed by atoms with Crippen LogP contribution in [0.5, 0.6) is 0 Å². The SMILES string of the molecule is CC(C)(C)C1N(C(C)(C)C)CCCCC1(C)O. The molecule has 0 bridgehead atoms. The highest BCUT2D eigenvalue weighted by molar-refractivity contribution is 5.01. The molecule has 0 spiro atoms. The Hall–Kier alpha value is -0.0800. The second-order valence-corrected chi connectivity index (χ2v) is 7.95. The lowest BCUT2D eigenvalue weighted by Gasteiger charge is -2.51. The average Bonchev–Trinajstić information content (AvgIpc) is 2.20. The van der Waals surface area contributed by atoms with Gasteiger partial charge in [0.05, 0.1) is 5.60 Å². The lowest BCUT2D eigenvalue weighted by Crippen LogP contribution is -2.61. The van der Waals surface area contributed by atoms with Crippen LogP contribution in [0.25, 0.3) is 0 Å². The normalized spacial score (nSPS) is 33.5. The van der Waals surface area contributed by atoms with Crippen LogP contribution in [-0.2, 0) is 0 Å². The van der Waals surface area contributed by atoms with Gasteiger partial charge in [0.2, 0.25) is 0 Å². The van der Waals surface area contributed by atoms with Crippen LogP contribution >= 0.6 is 0 Å². The monoisotopic (exact) mass is 241 g/mol. The summed E-state index contributed by atoms with van der Waals surface area (Å²) in [5.41, 5.74) is -0.366. The topological polar surface area (TPSA) is 23.5 Å². The summed E-state index contributed by atoms with van der Waals surface area (Å²) < 4.78 is 0. The van der Waals surface area contributed by atoms with Gasteiger partial charge >= 0.3 is 0 Å². The van der Waals surface area contributed by atoms with Gasteiger partial charge in [-0.1, -0.05) is 20.8 Å². The summed E-state index contributed by atoms with van der Waals surface area (Å²) in [4.78, 5) is 2.51. The lowest BCUT2D eigenvalue weighted by molar-refractivity contribution is -0.100. The van der Waals surface area contributed by atoms with Crippen LogP contribution in [0.4, 0.5) is 0 Å². The van der Waals surface area contributed by atoms with E-state index >= 15 is 0 Å². The van der Waals surface area contributed by atoms with Crippen LogP contribution < -0.4 is 0 Å². The van der Waals surface area contributed by atoms with Crippen molar-refractivity contribution >= 4 is 0 Å². The first-order valence-electron chi connectivity index (χ1n) is 6.95. The van der Waals surface area contributed by atoms with Crippen LogP contribution in [0.3, 0.4) is 0 Å². The van der Waals surface area contributed by atoms with Gasteiger partial charge in [-0.05, 0) is 58.9 Å². The van der Waals surface area contributed by atoms with E-state index in [1.165, 1.54) is 6.42 Å². The Kier molecular flexibility index (Phi) is 4.01. The molecule has 0 aromatic heterocycles. The standard InChI is InChI=1S/C15H31NO/c1-13(2,3)12-15(7,17)10-8-9-11-16(12)14(4,5)6/h12,17H,8-11H2,1-7H3. The molecule has 102 valence electrons. The molecule has 2 unspecified atom stereocenters. The van der Waals surface area contributed by atoms with Crippen molar-refractivity contribution in [2.45, 2.75) is 84.9 Å². The zero-order chi connectivity index (χ0) is 13.5. The molecule has 1 fully saturated rings. The van der Waals surface area contributed by atoms with Gasteiger partial charge in [-0.2, -0.15) is 0 Å². The number of hydrogen-bond acceptors (Lipinski definition) is 2. The molecule has 1 saturated heterocycles. The van der Waals surface area contributed by atoms with Gasteiger partial charge in [-0.25, -0.2) is 0 Å². The van der Waals surface area contributed by atoms with Crippen molar-refractivity contribution in [2.75, 3.05) is 6.54 Å². The molecule has 0 aromatic rings. The predicted octanol–water partition coefficient (Wildman–Crippen LogP) is 3.44. The smallest absolute Gasteiger partial charge is 0.0779 e. The molecule has 0 aromatic carbocycles. The summed E-state index contributed by atoms with van der Waals surface area (Å²) in [7, 11) is 0. The minimum Gasteiger partial charge on any atom is -0.389 e. The highest BCUT2D eigenvalue weighted by atomic mass is 16.3. The third-order valence-electron chi connectivity index (χ3n) is 3.91. The fourth-order valence-corrected chi connectivity index (χ4v) is 3.49. The summed E-state index contributed by atoms with van der Waals surface area (Å²) in [5.74, 6) is 0. The second-order valence-electron chi connectivity index (χ2n) is 7.95. The third-order valence-corrected chi connectivity index (χ3v) is 3.91. The van der Waals surface area contributed by atoms with Gasteiger partial charge in [-0.15, -0.1) is 0 Å². The van der Waals surface area contributed by atoms with E-state index in [9.17, 15) is 5.11 Å². The van der Waals surface area contributed by atoms with E-state index in [2.05, 4.69) is 46.4 Å². The molecule has 2 heteroatoms. The van der Waals surface area contributed by atoms with Gasteiger partial charge in [0.15, 0.2) is 0 Å². The molecule has 2 nitrogen and oxygen atoms in total. The lowest BCUT2D eigenvalue weighted by atomic mass is 9.73. The van der Waals surface area contributed by atoms with Crippen LogP contribution in [0, 0.1) is 5.41 Å². The Labute approximate surface area is 107 Å². The number of aliphatic hydroxyl groups is 1. The van der Waals surface area contributed by atoms with E-state index in [-0.39, 0.29) is 17.0 Å². The van der Waals surface area contributed by atoms with Gasteiger partial charge in [0, 0.05) is 11.6 Å². The van der Waals surface area contributed by atoms with E-state index < -0.39 is 5.60 Å². The Morgan fingerprint density at radius 1 is 1.06 bits per heavy atom. The van der Waals surface area contributed by atoms with E-state index in [1.807, 2.05) is 6.92 Å². The molecular weight excluding hydrogens is 210 g/mol. The maximum atomic E-state index is 10.8. The molecule has 0 aliphatic carbocycles. The number of nitrogens with zero attached hydrogens (tertiary/aromatic N) is 1. The second kappa shape index (κ2) is 4.55. The summed E-state index contributed by atoms with van der Waals surface area (Å²) in [6.45, 7) is 16.6. The van der Waals surface area contributed by atoms with E-state index in [0.717, 1.165) is 19.4 Å². The van der Waals surface area contributed by atoms with Crippen molar-refractivity contribution in [3.63, 3.8) is 0 Å². The Morgan fingerprint density at radius 3 is 2.00 bits per heavy atom. The molecule has 17 heavy (non-hydrogen) atoms. The molecule has 0 saturated carbocycles. The van der Waals surface area contributed by atoms with Crippen molar-refractivity contribution in [1.82, 2.24) is 4.90 Å². The fourth-order valence-electron chi connectivity index (χ4n) is 3.49. The minimum atomic E-state index is -0.581. The molecule has 1 N–H and O–H groups in total. The predicted molar refractivity (Wildman–Crippen MR) is 74.2 cm³/mol. The largest absolute Gasteiger partial charge is 0.389 e. The fraction of sp³-hybridized carbons (Fsp3) is 1.00. The van der Waals surface area contributed by atoms with E-state index in [1.54, 1.807) is 0 Å². The molecule has 1 aliphatic rings. The first-order valence-corrected chi connectivity index (χ1v) is 6.95. The maximum absolute atomic E-state index is 10.8. The molecule has 1 aliphatic heterocycles. The Bertz CT molecular complexity index is 257. The minimum absolute atomic E-state index is 0.0983. The highest BCUT2D eigenvalue weighted by Crippen LogP contribution is 2.40. The highest BCUT2D eigenvalue weighted by Gasteiger charge is 2.47. The van der Waals surface area contributed by atoms with Crippen LogP contribution in [0.2, 0.25) is 0 Å². The van der Waals surface area contributed by atoms with Crippen molar-refractivity contribution in [3.05, 3.63) is 0 Å². The molecule has 0 amide bonds. The average molecular weight is 241 g/mol. The summed E-state index contributed by atoms with van der Waals surface area (Å²) in [5, 5.41) is 10.8. The van der Waals surface area contributed by atoms with Gasteiger partial charge in [-0.3, -0.25) is 4.90 Å². The number of hydrogen-bond donors (Lipinski definition) is 1. The summed E-state index contributed by atoms with van der Waals surface area (Å²) in [6, 6.07) is 0.220. The molecule has 1 rings (SSSR count). The number of rotatable bonds is 0. The number of likely N-dealkylation sites (tertiary alicyclic amines) is 1. The van der Waals surface area contributed by atoms with Gasteiger partial charge in [0.1, 0.15) is 0 Å². The van der Waals surface area contributed by atoms with Gasteiger partial charge in [0.25, 0.3) is 0 Å². The van der Waals surface area contributed by atoms with E-state index in [4.69, 9.17) is 0 Å². The van der Waals surface area contributed by atoms with Crippen molar-refractivity contribution < 1.29 is 5.11 Å². The van der Waals surface area contributed by atoms with Crippen LogP contribution in [0.1, 0.15) is 67.7 Å². The van der Waals surface area contributed by atoms with Crippen molar-refractivity contribution in [3.8, 4) is 0 Å². The molecule has 2 atom stereocenters. The third kappa shape index (κ3) is 3.45. The summed E-state index contributed by atoms with van der Waals surface area (Å²) >= 11 is 0. The van der Waals surface area contributed by atoms with Crippen LogP contribution in [0.15, 0.2) is 0 Å². The van der Waals surface area contributed by atoms with Gasteiger partial charge < -0.3 is 5.11 Å². The summed E-state index contributed by atoms with van der Waals surface area (Å²) in [6.07, 6.45) is 3.24. The van der Waals surface area contributed by atoms with Crippen LogP contribution in [-0.4, -0.2) is 33.7 Å². The van der Waals surface area contributed by atoms with Crippen molar-refractivity contribution in [1.29, 1.82) is 0 Å². The Balaban J connectivity index is 3.16. The Morgan fingerprint density at radius 2 is 1.59 bits per heavy atom. The first kappa shape index (κ1) is 15.0. The quantitative estimate of drug-likeness (QED) is 0.702. The molecular formula is C15H31NO. The van der Waals surface area contributed by atoms with Crippen molar-refractivity contribution in [2.24, 2.45) is 5.41 Å². The molecule has 1 heterocycles. The zero-order valence-electron chi connectivity index (χ0n) is 12.8. The molecule has 0 radical (unpaired) electrons. The van der Waals surface area contributed by atoms with E-state index in [0.29, 0.717) is 0 Å².